The second kappa shape index (κ2) is 4.79. The maximum Gasteiger partial charge on any atom is 0.268 e. The highest BCUT2D eigenvalue weighted by molar-refractivity contribution is 9.10. The van der Waals surface area contributed by atoms with Crippen LogP contribution in [0.4, 0.5) is 0 Å². The molecule has 0 bridgehead atoms. The van der Waals surface area contributed by atoms with Gasteiger partial charge in [-0.25, -0.2) is 4.98 Å². The Kier molecular flexibility index (Phi) is 3.41. The van der Waals surface area contributed by atoms with E-state index < -0.39 is 0 Å². The quantitative estimate of drug-likeness (QED) is 0.899. The van der Waals surface area contributed by atoms with E-state index in [2.05, 4.69) is 25.9 Å². The van der Waals surface area contributed by atoms with Crippen LogP contribution in [0.25, 0.3) is 0 Å². The number of halogens is 1. The molecule has 1 N–H and O–H groups in total. The zero-order chi connectivity index (χ0) is 10.7. The van der Waals surface area contributed by atoms with Crippen molar-refractivity contribution in [2.75, 3.05) is 0 Å². The molecule has 1 saturated carbocycles. The number of hydrogen-bond acceptors (Lipinski definition) is 3. The Labute approximate surface area is 96.2 Å². The molecule has 2 rings (SSSR count). The van der Waals surface area contributed by atoms with E-state index in [-0.39, 0.29) is 11.7 Å². The van der Waals surface area contributed by atoms with Crippen molar-refractivity contribution >= 4 is 15.9 Å². The molecule has 1 aliphatic carbocycles. The summed E-state index contributed by atoms with van der Waals surface area (Å²) in [6.07, 6.45) is 7.37. The minimum Gasteiger partial charge on any atom is -0.473 e. The van der Waals surface area contributed by atoms with Gasteiger partial charge in [-0.2, -0.15) is 0 Å². The smallest absolute Gasteiger partial charge is 0.268 e. The summed E-state index contributed by atoms with van der Waals surface area (Å²) < 4.78 is 6.07. The predicted molar refractivity (Wildman–Crippen MR) is 60.1 cm³/mol. The van der Waals surface area contributed by atoms with E-state index in [0.717, 1.165) is 12.8 Å². The summed E-state index contributed by atoms with van der Waals surface area (Å²) in [7, 11) is 0. The lowest BCUT2D eigenvalue weighted by Gasteiger charge is -2.22. The van der Waals surface area contributed by atoms with Gasteiger partial charge in [-0.05, 0) is 41.6 Å². The van der Waals surface area contributed by atoms with Crippen LogP contribution in [0, 0.1) is 0 Å². The minimum atomic E-state index is -0.198. The number of nitrogens with one attached hydrogen (secondary N) is 1. The fourth-order valence-corrected chi connectivity index (χ4v) is 2.10. The summed E-state index contributed by atoms with van der Waals surface area (Å²) in [5.74, 6) is 0.408. The maximum absolute atomic E-state index is 11.3. The van der Waals surface area contributed by atoms with Gasteiger partial charge in [-0.3, -0.25) is 4.79 Å². The van der Waals surface area contributed by atoms with Crippen molar-refractivity contribution in [2.45, 2.75) is 38.2 Å². The summed E-state index contributed by atoms with van der Waals surface area (Å²) in [4.78, 5) is 17.8. The van der Waals surface area contributed by atoms with Gasteiger partial charge in [-0.15, -0.1) is 0 Å². The van der Waals surface area contributed by atoms with Crippen molar-refractivity contribution in [3.8, 4) is 5.88 Å². The third-order valence-corrected chi connectivity index (χ3v) is 3.29. The zero-order valence-corrected chi connectivity index (χ0v) is 9.92. The molecule has 0 aromatic carbocycles. The van der Waals surface area contributed by atoms with E-state index in [4.69, 9.17) is 4.74 Å². The van der Waals surface area contributed by atoms with Crippen molar-refractivity contribution in [3.05, 3.63) is 21.2 Å². The summed E-state index contributed by atoms with van der Waals surface area (Å²) in [6.45, 7) is 0. The minimum absolute atomic E-state index is 0.198. The van der Waals surface area contributed by atoms with Crippen LogP contribution >= 0.6 is 15.9 Å². The van der Waals surface area contributed by atoms with Crippen LogP contribution < -0.4 is 10.3 Å². The number of nitrogens with zero attached hydrogens (tertiary/aromatic N) is 1. The molecule has 1 aromatic heterocycles. The predicted octanol–water partition coefficient (Wildman–Crippen LogP) is 2.24. The SMILES string of the molecule is O=c1[nH]cnc(OC2CCCCC2)c1Br. The second-order valence-electron chi connectivity index (χ2n) is 3.73. The van der Waals surface area contributed by atoms with Gasteiger partial charge in [0.1, 0.15) is 10.6 Å². The number of aromatic nitrogens is 2. The molecule has 0 amide bonds. The van der Waals surface area contributed by atoms with Gasteiger partial charge in [0.2, 0.25) is 5.88 Å². The first-order valence-electron chi connectivity index (χ1n) is 5.17. The topological polar surface area (TPSA) is 55.0 Å². The Morgan fingerprint density at radius 1 is 1.40 bits per heavy atom. The van der Waals surface area contributed by atoms with Gasteiger partial charge in [0.15, 0.2) is 0 Å². The Balaban J connectivity index is 2.09. The molecular formula is C10H13BrN2O2. The van der Waals surface area contributed by atoms with Gasteiger partial charge in [0.05, 0.1) is 6.33 Å². The van der Waals surface area contributed by atoms with Crippen LogP contribution in [-0.4, -0.2) is 16.1 Å². The van der Waals surface area contributed by atoms with E-state index in [0.29, 0.717) is 10.4 Å². The van der Waals surface area contributed by atoms with Crippen LogP contribution in [0.1, 0.15) is 32.1 Å². The highest BCUT2D eigenvalue weighted by Gasteiger charge is 2.17. The molecule has 15 heavy (non-hydrogen) atoms. The number of H-pyrrole nitrogens is 1. The molecule has 1 fully saturated rings. The fourth-order valence-electron chi connectivity index (χ4n) is 1.79. The Morgan fingerprint density at radius 2 is 2.13 bits per heavy atom. The lowest BCUT2D eigenvalue weighted by atomic mass is 9.98. The molecule has 1 heterocycles. The molecular weight excluding hydrogens is 260 g/mol. The van der Waals surface area contributed by atoms with Gasteiger partial charge < -0.3 is 9.72 Å². The van der Waals surface area contributed by atoms with E-state index in [1.54, 1.807) is 0 Å². The summed E-state index contributed by atoms with van der Waals surface area (Å²) in [5, 5.41) is 0. The first-order valence-corrected chi connectivity index (χ1v) is 5.96. The van der Waals surface area contributed by atoms with Gasteiger partial charge in [0, 0.05) is 0 Å². The van der Waals surface area contributed by atoms with Crippen LogP contribution in [0.15, 0.2) is 15.6 Å². The lowest BCUT2D eigenvalue weighted by Crippen LogP contribution is -2.22. The molecule has 4 nitrogen and oxygen atoms in total. The molecule has 0 atom stereocenters. The second-order valence-corrected chi connectivity index (χ2v) is 4.52. The molecule has 0 saturated heterocycles. The van der Waals surface area contributed by atoms with Crippen LogP contribution in [-0.2, 0) is 0 Å². The largest absolute Gasteiger partial charge is 0.473 e. The van der Waals surface area contributed by atoms with Crippen molar-refractivity contribution in [2.24, 2.45) is 0 Å². The third kappa shape index (κ3) is 2.59. The normalized spacial score (nSPS) is 17.7. The molecule has 0 spiro atoms. The first-order chi connectivity index (χ1) is 7.27. The number of rotatable bonds is 2. The third-order valence-electron chi connectivity index (χ3n) is 2.60. The van der Waals surface area contributed by atoms with Gasteiger partial charge in [-0.1, -0.05) is 6.42 Å². The molecule has 1 aromatic rings. The average molecular weight is 273 g/mol. The van der Waals surface area contributed by atoms with Crippen molar-refractivity contribution in [3.63, 3.8) is 0 Å². The molecule has 82 valence electrons. The lowest BCUT2D eigenvalue weighted by molar-refractivity contribution is 0.147. The monoisotopic (exact) mass is 272 g/mol. The highest BCUT2D eigenvalue weighted by Crippen LogP contribution is 2.24. The van der Waals surface area contributed by atoms with Gasteiger partial charge >= 0.3 is 0 Å². The summed E-state index contributed by atoms with van der Waals surface area (Å²) in [6, 6.07) is 0. The fraction of sp³-hybridized carbons (Fsp3) is 0.600. The van der Waals surface area contributed by atoms with Crippen LogP contribution in [0.3, 0.4) is 0 Å². The van der Waals surface area contributed by atoms with Crippen molar-refractivity contribution in [1.82, 2.24) is 9.97 Å². The van der Waals surface area contributed by atoms with E-state index in [9.17, 15) is 4.79 Å². The summed E-state index contributed by atoms with van der Waals surface area (Å²) >= 11 is 3.18. The number of ether oxygens (including phenoxy) is 1. The number of hydrogen-bond donors (Lipinski definition) is 1. The average Bonchev–Trinajstić information content (AvgIpc) is 2.26. The number of aromatic amines is 1. The summed E-state index contributed by atoms with van der Waals surface area (Å²) in [5.41, 5.74) is -0.198. The Morgan fingerprint density at radius 3 is 2.87 bits per heavy atom. The Hall–Kier alpha value is -0.840. The van der Waals surface area contributed by atoms with Crippen molar-refractivity contribution in [1.29, 1.82) is 0 Å². The molecule has 1 aliphatic rings. The van der Waals surface area contributed by atoms with Crippen LogP contribution in [0.2, 0.25) is 0 Å². The standard InChI is InChI=1S/C10H13BrN2O2/c11-8-9(14)12-6-13-10(8)15-7-4-2-1-3-5-7/h6-7H,1-5H2,(H,12,13,14). The molecule has 0 aliphatic heterocycles. The molecule has 0 radical (unpaired) electrons. The Bertz CT molecular complexity index is 385. The van der Waals surface area contributed by atoms with Crippen molar-refractivity contribution < 1.29 is 4.74 Å². The van der Waals surface area contributed by atoms with Crippen LogP contribution in [0.5, 0.6) is 5.88 Å². The first kappa shape index (κ1) is 10.7. The molecule has 0 unspecified atom stereocenters. The highest BCUT2D eigenvalue weighted by atomic mass is 79.9. The van der Waals surface area contributed by atoms with Gasteiger partial charge in [0.25, 0.3) is 5.56 Å². The zero-order valence-electron chi connectivity index (χ0n) is 8.33. The van der Waals surface area contributed by atoms with E-state index in [1.165, 1.54) is 25.6 Å². The maximum atomic E-state index is 11.3. The molecule has 5 heteroatoms. The van der Waals surface area contributed by atoms with E-state index >= 15 is 0 Å². The van der Waals surface area contributed by atoms with E-state index in [1.807, 2.05) is 0 Å².